The lowest BCUT2D eigenvalue weighted by molar-refractivity contribution is 0.441. The van der Waals surface area contributed by atoms with Crippen LogP contribution in [0.5, 0.6) is 0 Å². The topological polar surface area (TPSA) is 26.0 Å². The molecule has 1 aliphatic rings. The summed E-state index contributed by atoms with van der Waals surface area (Å²) in [7, 11) is 0. The molecular weight excluding hydrogens is 229 g/mol. The van der Waals surface area contributed by atoms with Crippen LogP contribution in [0.4, 0.5) is 0 Å². The minimum atomic E-state index is -0.276. The van der Waals surface area contributed by atoms with Gasteiger partial charge in [-0.1, -0.05) is 42.3 Å². The van der Waals surface area contributed by atoms with Gasteiger partial charge in [0.2, 0.25) is 0 Å². The zero-order chi connectivity index (χ0) is 11.1. The van der Waals surface area contributed by atoms with Crippen LogP contribution in [0.1, 0.15) is 31.7 Å². The SMILES string of the molecule is CC1CCC(N)(c2cccc(Cl)c2Cl)C1. The Bertz CT molecular complexity index is 378. The summed E-state index contributed by atoms with van der Waals surface area (Å²) in [6.45, 7) is 2.23. The first-order chi connectivity index (χ1) is 7.03. The van der Waals surface area contributed by atoms with E-state index in [1.165, 1.54) is 6.42 Å². The van der Waals surface area contributed by atoms with Gasteiger partial charge in [0.15, 0.2) is 0 Å². The molecule has 0 bridgehead atoms. The van der Waals surface area contributed by atoms with E-state index in [4.69, 9.17) is 28.9 Å². The molecule has 2 unspecified atom stereocenters. The number of rotatable bonds is 1. The average Bonchev–Trinajstić information content (AvgIpc) is 2.52. The van der Waals surface area contributed by atoms with Gasteiger partial charge >= 0.3 is 0 Å². The summed E-state index contributed by atoms with van der Waals surface area (Å²) in [6, 6.07) is 5.71. The van der Waals surface area contributed by atoms with Gasteiger partial charge in [-0.05, 0) is 36.8 Å². The Balaban J connectivity index is 2.41. The molecule has 2 atom stereocenters. The lowest BCUT2D eigenvalue weighted by atomic mass is 9.88. The van der Waals surface area contributed by atoms with E-state index in [0.717, 1.165) is 18.4 Å². The van der Waals surface area contributed by atoms with Crippen molar-refractivity contribution in [1.82, 2.24) is 0 Å². The van der Waals surface area contributed by atoms with Crippen molar-refractivity contribution in [3.8, 4) is 0 Å². The second-order valence-corrected chi connectivity index (χ2v) is 5.39. The highest BCUT2D eigenvalue weighted by Crippen LogP contribution is 2.43. The monoisotopic (exact) mass is 243 g/mol. The van der Waals surface area contributed by atoms with Gasteiger partial charge in [-0.25, -0.2) is 0 Å². The first kappa shape index (κ1) is 11.3. The second kappa shape index (κ2) is 3.97. The van der Waals surface area contributed by atoms with E-state index in [-0.39, 0.29) is 5.54 Å². The minimum absolute atomic E-state index is 0.276. The molecule has 1 saturated carbocycles. The maximum atomic E-state index is 6.40. The Labute approximate surface area is 101 Å². The molecule has 1 fully saturated rings. The lowest BCUT2D eigenvalue weighted by Gasteiger charge is -2.26. The number of hydrogen-bond acceptors (Lipinski definition) is 1. The molecule has 0 aromatic heterocycles. The van der Waals surface area contributed by atoms with E-state index in [9.17, 15) is 0 Å². The molecule has 0 heterocycles. The third-order valence-electron chi connectivity index (χ3n) is 3.28. The molecule has 3 heteroatoms. The fourth-order valence-electron chi connectivity index (χ4n) is 2.46. The molecule has 0 spiro atoms. The third kappa shape index (κ3) is 2.01. The maximum absolute atomic E-state index is 6.40. The van der Waals surface area contributed by atoms with E-state index in [1.54, 1.807) is 6.07 Å². The summed E-state index contributed by atoms with van der Waals surface area (Å²) in [6.07, 6.45) is 3.15. The summed E-state index contributed by atoms with van der Waals surface area (Å²) in [4.78, 5) is 0. The van der Waals surface area contributed by atoms with Crippen LogP contribution in [0.3, 0.4) is 0 Å². The molecule has 1 aromatic carbocycles. The average molecular weight is 244 g/mol. The number of benzene rings is 1. The zero-order valence-electron chi connectivity index (χ0n) is 8.76. The highest BCUT2D eigenvalue weighted by molar-refractivity contribution is 6.42. The van der Waals surface area contributed by atoms with Gasteiger partial charge in [-0.3, -0.25) is 0 Å². The van der Waals surface area contributed by atoms with Crippen molar-refractivity contribution in [3.63, 3.8) is 0 Å². The Morgan fingerprint density at radius 1 is 1.40 bits per heavy atom. The van der Waals surface area contributed by atoms with Crippen molar-refractivity contribution in [2.24, 2.45) is 11.7 Å². The van der Waals surface area contributed by atoms with Gasteiger partial charge in [0, 0.05) is 5.54 Å². The molecule has 0 amide bonds. The molecule has 82 valence electrons. The third-order valence-corrected chi connectivity index (χ3v) is 4.10. The Kier molecular flexibility index (Phi) is 2.98. The Morgan fingerprint density at radius 3 is 2.73 bits per heavy atom. The molecule has 1 aliphatic carbocycles. The Hall–Kier alpha value is -0.240. The van der Waals surface area contributed by atoms with Crippen LogP contribution in [-0.2, 0) is 5.54 Å². The summed E-state index contributed by atoms with van der Waals surface area (Å²) in [5.74, 6) is 0.671. The summed E-state index contributed by atoms with van der Waals surface area (Å²) < 4.78 is 0. The first-order valence-electron chi connectivity index (χ1n) is 5.26. The van der Waals surface area contributed by atoms with Crippen molar-refractivity contribution in [1.29, 1.82) is 0 Å². The molecular formula is C12H15Cl2N. The molecule has 0 aliphatic heterocycles. The minimum Gasteiger partial charge on any atom is -0.321 e. The van der Waals surface area contributed by atoms with Crippen LogP contribution in [-0.4, -0.2) is 0 Å². The molecule has 1 nitrogen and oxygen atoms in total. The normalized spacial score (nSPS) is 30.8. The highest BCUT2D eigenvalue weighted by atomic mass is 35.5. The molecule has 2 rings (SSSR count). The van der Waals surface area contributed by atoms with Gasteiger partial charge in [0.25, 0.3) is 0 Å². The maximum Gasteiger partial charge on any atom is 0.0642 e. The zero-order valence-corrected chi connectivity index (χ0v) is 10.3. The van der Waals surface area contributed by atoms with Crippen molar-refractivity contribution in [3.05, 3.63) is 33.8 Å². The number of nitrogens with two attached hydrogens (primary N) is 1. The fourth-order valence-corrected chi connectivity index (χ4v) is 2.95. The van der Waals surface area contributed by atoms with Crippen LogP contribution in [0.25, 0.3) is 0 Å². The van der Waals surface area contributed by atoms with Gasteiger partial charge in [0.05, 0.1) is 10.0 Å². The van der Waals surface area contributed by atoms with E-state index < -0.39 is 0 Å². The summed E-state index contributed by atoms with van der Waals surface area (Å²) >= 11 is 12.2. The van der Waals surface area contributed by atoms with Crippen molar-refractivity contribution < 1.29 is 0 Å². The van der Waals surface area contributed by atoms with Crippen LogP contribution >= 0.6 is 23.2 Å². The molecule has 15 heavy (non-hydrogen) atoms. The lowest BCUT2D eigenvalue weighted by Crippen LogP contribution is -2.33. The predicted molar refractivity (Wildman–Crippen MR) is 65.3 cm³/mol. The predicted octanol–water partition coefficient (Wildman–Crippen LogP) is 3.97. The van der Waals surface area contributed by atoms with Crippen molar-refractivity contribution in [2.75, 3.05) is 0 Å². The van der Waals surface area contributed by atoms with Gasteiger partial charge in [-0.2, -0.15) is 0 Å². The van der Waals surface area contributed by atoms with E-state index in [0.29, 0.717) is 16.0 Å². The van der Waals surface area contributed by atoms with Crippen LogP contribution < -0.4 is 5.73 Å². The molecule has 0 radical (unpaired) electrons. The fraction of sp³-hybridized carbons (Fsp3) is 0.500. The van der Waals surface area contributed by atoms with Gasteiger partial charge < -0.3 is 5.73 Å². The van der Waals surface area contributed by atoms with E-state index in [2.05, 4.69) is 6.92 Å². The molecule has 2 N–H and O–H groups in total. The summed E-state index contributed by atoms with van der Waals surface area (Å²) in [5, 5.41) is 1.22. The van der Waals surface area contributed by atoms with E-state index >= 15 is 0 Å². The summed E-state index contributed by atoms with van der Waals surface area (Å²) in [5.41, 5.74) is 7.12. The van der Waals surface area contributed by atoms with Crippen molar-refractivity contribution >= 4 is 23.2 Å². The standard InChI is InChI=1S/C12H15Cl2N/c1-8-5-6-12(15,7-8)9-3-2-4-10(13)11(9)14/h2-4,8H,5-7,15H2,1H3. The van der Waals surface area contributed by atoms with Gasteiger partial charge in [-0.15, -0.1) is 0 Å². The quantitative estimate of drug-likeness (QED) is 0.794. The highest BCUT2D eigenvalue weighted by Gasteiger charge is 2.36. The largest absolute Gasteiger partial charge is 0.321 e. The Morgan fingerprint density at radius 2 is 2.13 bits per heavy atom. The number of hydrogen-bond donors (Lipinski definition) is 1. The van der Waals surface area contributed by atoms with Crippen molar-refractivity contribution in [2.45, 2.75) is 31.7 Å². The van der Waals surface area contributed by atoms with Crippen LogP contribution in [0.2, 0.25) is 10.0 Å². The van der Waals surface area contributed by atoms with Crippen LogP contribution in [0, 0.1) is 5.92 Å². The van der Waals surface area contributed by atoms with E-state index in [1.807, 2.05) is 12.1 Å². The van der Waals surface area contributed by atoms with Gasteiger partial charge in [0.1, 0.15) is 0 Å². The molecule has 0 saturated heterocycles. The second-order valence-electron chi connectivity index (χ2n) is 4.61. The molecule has 1 aromatic rings. The smallest absolute Gasteiger partial charge is 0.0642 e. The first-order valence-corrected chi connectivity index (χ1v) is 6.02. The van der Waals surface area contributed by atoms with Crippen LogP contribution in [0.15, 0.2) is 18.2 Å². The number of halogens is 2.